The molecule has 0 radical (unpaired) electrons. The Bertz CT molecular complexity index is 972. The van der Waals surface area contributed by atoms with Crippen LogP contribution in [0.5, 0.6) is 11.5 Å². The highest BCUT2D eigenvalue weighted by molar-refractivity contribution is 5.79. The molecule has 2 saturated carbocycles. The van der Waals surface area contributed by atoms with Crippen LogP contribution in [0.25, 0.3) is 0 Å². The lowest BCUT2D eigenvalue weighted by molar-refractivity contribution is -0.146. The maximum absolute atomic E-state index is 13.3. The molecular weight excluding hydrogens is 388 g/mol. The molecule has 7 aliphatic rings. The minimum absolute atomic E-state index is 0.00709. The molecule has 8 rings (SSSR count). The maximum atomic E-state index is 13.3. The first-order valence-corrected chi connectivity index (χ1v) is 12.5. The molecule has 5 heteroatoms. The van der Waals surface area contributed by atoms with Gasteiger partial charge in [-0.25, -0.2) is 0 Å². The van der Waals surface area contributed by atoms with Gasteiger partial charge in [-0.05, 0) is 69.0 Å². The minimum atomic E-state index is -0.0473. The van der Waals surface area contributed by atoms with Gasteiger partial charge in [0.25, 0.3) is 0 Å². The van der Waals surface area contributed by atoms with E-state index in [0.29, 0.717) is 6.04 Å². The van der Waals surface area contributed by atoms with Crippen LogP contribution in [0.15, 0.2) is 12.1 Å². The average molecular weight is 423 g/mol. The van der Waals surface area contributed by atoms with E-state index in [0.717, 1.165) is 50.4 Å². The minimum Gasteiger partial charge on any atom is -0.504 e. The lowest BCUT2D eigenvalue weighted by Gasteiger charge is -2.66. The summed E-state index contributed by atoms with van der Waals surface area (Å²) in [5.41, 5.74) is 2.82. The number of hydrogen-bond acceptors (Lipinski definition) is 4. The number of rotatable bonds is 3. The van der Waals surface area contributed by atoms with E-state index in [4.69, 9.17) is 4.74 Å². The Kier molecular flexibility index (Phi) is 3.62. The summed E-state index contributed by atoms with van der Waals surface area (Å²) in [6, 6.07) is 4.66. The first-order valence-electron chi connectivity index (χ1n) is 12.5. The van der Waals surface area contributed by atoms with Gasteiger partial charge < -0.3 is 14.7 Å². The molecule has 1 N–H and O–H groups in total. The first-order chi connectivity index (χ1) is 15.0. The number of amides is 1. The summed E-state index contributed by atoms with van der Waals surface area (Å²) < 4.78 is 6.74. The molecule has 3 aliphatic carbocycles. The number of carbonyl (C=O) groups excluding carboxylic acids is 1. The van der Waals surface area contributed by atoms with Gasteiger partial charge in [-0.15, -0.1) is 0 Å². The van der Waals surface area contributed by atoms with Gasteiger partial charge in [0.2, 0.25) is 5.91 Å². The molecule has 1 aromatic carbocycles. The summed E-state index contributed by atoms with van der Waals surface area (Å²) in [6.45, 7) is 7.27. The zero-order valence-electron chi connectivity index (χ0n) is 18.8. The number of nitrogens with zero attached hydrogens (tertiary/aromatic N) is 2. The molecule has 1 amide bonds. The number of phenols is 1. The number of phenolic OH excluding ortho intramolecular Hbond substituents is 1. The van der Waals surface area contributed by atoms with E-state index < -0.39 is 0 Å². The second kappa shape index (κ2) is 5.98. The van der Waals surface area contributed by atoms with Gasteiger partial charge in [0.1, 0.15) is 6.10 Å². The number of likely N-dealkylation sites (tertiary alicyclic amines) is 1. The highest BCUT2D eigenvalue weighted by atomic mass is 16.5. The molecule has 1 aromatic rings. The Labute approximate surface area is 184 Å². The van der Waals surface area contributed by atoms with E-state index in [-0.39, 0.29) is 40.6 Å². The molecule has 166 valence electrons. The van der Waals surface area contributed by atoms with Crippen molar-refractivity contribution in [3.05, 3.63) is 23.3 Å². The van der Waals surface area contributed by atoms with Crippen molar-refractivity contribution >= 4 is 5.91 Å². The van der Waals surface area contributed by atoms with Crippen molar-refractivity contribution in [2.75, 3.05) is 19.6 Å². The molecule has 0 aromatic heterocycles. The molecule has 4 aliphatic heterocycles. The van der Waals surface area contributed by atoms with Crippen molar-refractivity contribution in [1.82, 2.24) is 9.80 Å². The molecule has 5 nitrogen and oxygen atoms in total. The van der Waals surface area contributed by atoms with Crippen LogP contribution in [-0.4, -0.2) is 58.6 Å². The number of hydrogen-bond donors (Lipinski definition) is 1. The van der Waals surface area contributed by atoms with Crippen molar-refractivity contribution in [3.63, 3.8) is 0 Å². The van der Waals surface area contributed by atoms with Crippen molar-refractivity contribution in [2.24, 2.45) is 17.3 Å². The molecule has 5 fully saturated rings. The smallest absolute Gasteiger partial charge is 0.225 e. The van der Waals surface area contributed by atoms with Crippen molar-refractivity contribution in [3.8, 4) is 11.5 Å². The highest BCUT2D eigenvalue weighted by Gasteiger charge is 2.74. The van der Waals surface area contributed by atoms with Crippen molar-refractivity contribution < 1.29 is 14.6 Å². The fourth-order valence-electron chi connectivity index (χ4n) is 8.59. The normalized spacial score (nSPS) is 40.0. The Morgan fingerprint density at radius 1 is 1.19 bits per heavy atom. The molecule has 3 saturated heterocycles. The fraction of sp³-hybridized carbons (Fsp3) is 0.731. The van der Waals surface area contributed by atoms with Gasteiger partial charge in [-0.1, -0.05) is 19.9 Å². The largest absolute Gasteiger partial charge is 0.504 e. The SMILES string of the molecule is CC(C)C(=O)N1CC[C@@]23CC[C@@H]1[C@@H]1Oc4c(O)ccc5c4[C@@]12CCN(CC1CC1)[C@@H]3C5. The summed E-state index contributed by atoms with van der Waals surface area (Å²) in [7, 11) is 0. The van der Waals surface area contributed by atoms with Crippen LogP contribution in [-0.2, 0) is 16.6 Å². The van der Waals surface area contributed by atoms with E-state index in [1.165, 1.54) is 36.9 Å². The van der Waals surface area contributed by atoms with E-state index in [1.54, 1.807) is 0 Å². The fourth-order valence-corrected chi connectivity index (χ4v) is 8.59. The Morgan fingerprint density at radius 2 is 2.03 bits per heavy atom. The molecule has 2 spiro atoms. The molecular formula is C26H34N2O3. The summed E-state index contributed by atoms with van der Waals surface area (Å²) >= 11 is 0. The Balaban J connectivity index is 1.43. The molecule has 0 unspecified atom stereocenters. The number of carbonyl (C=O) groups is 1. The standard InChI is InChI=1S/C26H34N2O3/c1-15(2)24(30)28-12-9-25-8-7-18(28)23-26(25)10-11-27(14-16-3-4-16)20(25)13-17-5-6-19(29)22(31-23)21(17)26/h5-6,15-16,18,20,23,29H,3-4,7-14H2,1-2H3/t18-,20-,23+,25-,26+/m1/s1. The van der Waals surface area contributed by atoms with E-state index >= 15 is 0 Å². The van der Waals surface area contributed by atoms with Crippen LogP contribution in [0, 0.1) is 17.3 Å². The number of aromatic hydroxyl groups is 1. The average Bonchev–Trinajstić information content (AvgIpc) is 3.54. The lowest BCUT2D eigenvalue weighted by Crippen LogP contribution is -2.72. The third-order valence-corrected chi connectivity index (χ3v) is 9.98. The van der Waals surface area contributed by atoms with Crippen molar-refractivity contribution in [1.29, 1.82) is 0 Å². The number of benzene rings is 1. The van der Waals surface area contributed by atoms with Gasteiger partial charge in [0.05, 0.1) is 6.04 Å². The van der Waals surface area contributed by atoms with Crippen LogP contribution in [0.4, 0.5) is 0 Å². The van der Waals surface area contributed by atoms with Crippen LogP contribution in [0.1, 0.15) is 63.5 Å². The maximum Gasteiger partial charge on any atom is 0.225 e. The predicted molar refractivity (Wildman–Crippen MR) is 117 cm³/mol. The van der Waals surface area contributed by atoms with E-state index in [1.807, 2.05) is 19.9 Å². The van der Waals surface area contributed by atoms with Crippen LogP contribution >= 0.6 is 0 Å². The van der Waals surface area contributed by atoms with Crippen molar-refractivity contribution in [2.45, 2.75) is 82.4 Å². The topological polar surface area (TPSA) is 53.0 Å². The number of ether oxygens (including phenoxy) is 1. The van der Waals surface area contributed by atoms with Gasteiger partial charge in [0.15, 0.2) is 11.5 Å². The van der Waals surface area contributed by atoms with Gasteiger partial charge in [-0.2, -0.15) is 0 Å². The highest BCUT2D eigenvalue weighted by Crippen LogP contribution is 2.71. The summed E-state index contributed by atoms with van der Waals surface area (Å²) in [4.78, 5) is 18.3. The zero-order chi connectivity index (χ0) is 21.1. The van der Waals surface area contributed by atoms with Crippen LogP contribution in [0.3, 0.4) is 0 Å². The lowest BCUT2D eigenvalue weighted by atomic mass is 9.42. The molecule has 5 atom stereocenters. The number of fused-ring (bicyclic) bond motifs is 3. The Morgan fingerprint density at radius 3 is 2.81 bits per heavy atom. The van der Waals surface area contributed by atoms with E-state index in [2.05, 4.69) is 15.9 Å². The molecule has 4 heterocycles. The van der Waals surface area contributed by atoms with E-state index in [9.17, 15) is 9.90 Å². The molecule has 31 heavy (non-hydrogen) atoms. The molecule has 4 bridgehead atoms. The second-order valence-electron chi connectivity index (χ2n) is 11.6. The summed E-state index contributed by atoms with van der Waals surface area (Å²) in [5, 5.41) is 10.8. The second-order valence-corrected chi connectivity index (χ2v) is 11.6. The van der Waals surface area contributed by atoms with Crippen LogP contribution < -0.4 is 4.74 Å². The van der Waals surface area contributed by atoms with Gasteiger partial charge >= 0.3 is 0 Å². The monoisotopic (exact) mass is 422 g/mol. The quantitative estimate of drug-likeness (QED) is 0.811. The number of piperidine rings is 1. The van der Waals surface area contributed by atoms with Gasteiger partial charge in [0, 0.05) is 41.4 Å². The predicted octanol–water partition coefficient (Wildman–Crippen LogP) is 3.47. The third-order valence-electron chi connectivity index (χ3n) is 9.98. The first kappa shape index (κ1) is 18.8. The summed E-state index contributed by atoms with van der Waals surface area (Å²) in [5.74, 6) is 2.19. The summed E-state index contributed by atoms with van der Waals surface area (Å²) in [6.07, 6.45) is 8.21. The van der Waals surface area contributed by atoms with Crippen LogP contribution in [0.2, 0.25) is 0 Å². The van der Waals surface area contributed by atoms with Gasteiger partial charge in [-0.3, -0.25) is 9.69 Å². The Hall–Kier alpha value is -1.75. The zero-order valence-corrected chi connectivity index (χ0v) is 18.8. The third kappa shape index (κ3) is 2.15.